The van der Waals surface area contributed by atoms with Crippen LogP contribution in [0.5, 0.6) is 5.88 Å². The first-order chi connectivity index (χ1) is 16.3. The average Bonchev–Trinajstić information content (AvgIpc) is 3.53. The van der Waals surface area contributed by atoms with Crippen LogP contribution in [0.2, 0.25) is 5.02 Å². The van der Waals surface area contributed by atoms with Crippen LogP contribution in [-0.4, -0.2) is 46.8 Å². The number of amides is 1. The number of anilines is 2. The molecule has 2 heterocycles. The van der Waals surface area contributed by atoms with Crippen molar-refractivity contribution in [2.45, 2.75) is 45.6 Å². The zero-order valence-electron chi connectivity index (χ0n) is 19.4. The molecule has 1 aliphatic heterocycles. The monoisotopic (exact) mass is 481 g/mol. The SMILES string of the molecule is Cc1c(Nc2ccc(C#N)cc2Cl)ncnc1OC1C2CCC1CN(C(=O)OCC1(C)CC1)C2. The molecule has 1 N–H and O–H groups in total. The van der Waals surface area contributed by atoms with Gasteiger partial charge in [0.15, 0.2) is 0 Å². The Morgan fingerprint density at radius 3 is 2.68 bits per heavy atom. The summed E-state index contributed by atoms with van der Waals surface area (Å²) in [7, 11) is 0. The van der Waals surface area contributed by atoms with E-state index >= 15 is 0 Å². The molecule has 0 radical (unpaired) electrons. The first kappa shape index (κ1) is 22.7. The summed E-state index contributed by atoms with van der Waals surface area (Å²) in [6.45, 7) is 5.87. The molecule has 3 aliphatic rings. The number of fused-ring (bicyclic) bond motifs is 2. The van der Waals surface area contributed by atoms with Crippen molar-refractivity contribution in [3.63, 3.8) is 0 Å². The van der Waals surface area contributed by atoms with Gasteiger partial charge in [-0.1, -0.05) is 18.5 Å². The molecule has 1 aromatic heterocycles. The second-order valence-corrected chi connectivity index (χ2v) is 10.4. The van der Waals surface area contributed by atoms with Gasteiger partial charge in [-0.25, -0.2) is 14.8 Å². The van der Waals surface area contributed by atoms with Crippen LogP contribution in [0.3, 0.4) is 0 Å². The van der Waals surface area contributed by atoms with Crippen molar-refractivity contribution in [2.75, 3.05) is 25.0 Å². The van der Waals surface area contributed by atoms with Gasteiger partial charge < -0.3 is 19.7 Å². The van der Waals surface area contributed by atoms with Crippen LogP contribution in [0.15, 0.2) is 24.5 Å². The first-order valence-electron chi connectivity index (χ1n) is 11.7. The predicted molar refractivity (Wildman–Crippen MR) is 127 cm³/mol. The minimum absolute atomic E-state index is 0.00458. The van der Waals surface area contributed by atoms with E-state index in [0.29, 0.717) is 47.7 Å². The lowest BCUT2D eigenvalue weighted by Crippen LogP contribution is -2.49. The summed E-state index contributed by atoms with van der Waals surface area (Å²) in [5.74, 6) is 1.63. The van der Waals surface area contributed by atoms with Gasteiger partial charge in [0.2, 0.25) is 5.88 Å². The smallest absolute Gasteiger partial charge is 0.409 e. The zero-order valence-corrected chi connectivity index (χ0v) is 20.1. The highest BCUT2D eigenvalue weighted by molar-refractivity contribution is 6.33. The number of nitrogens with one attached hydrogen (secondary N) is 1. The lowest BCUT2D eigenvalue weighted by atomic mass is 9.95. The van der Waals surface area contributed by atoms with Crippen LogP contribution in [0.4, 0.5) is 16.3 Å². The molecule has 2 unspecified atom stereocenters. The van der Waals surface area contributed by atoms with Gasteiger partial charge in [0.05, 0.1) is 34.5 Å². The van der Waals surface area contributed by atoms with E-state index in [2.05, 4.69) is 28.3 Å². The van der Waals surface area contributed by atoms with Crippen LogP contribution in [0.25, 0.3) is 0 Å². The second-order valence-electron chi connectivity index (χ2n) is 10.0. The Hall–Kier alpha value is -3.05. The van der Waals surface area contributed by atoms with Gasteiger partial charge in [-0.15, -0.1) is 0 Å². The summed E-state index contributed by atoms with van der Waals surface area (Å²) in [6.07, 6.45) is 5.58. The van der Waals surface area contributed by atoms with E-state index in [0.717, 1.165) is 31.2 Å². The van der Waals surface area contributed by atoms with Crippen molar-refractivity contribution in [1.82, 2.24) is 14.9 Å². The summed E-state index contributed by atoms with van der Waals surface area (Å²) in [5.41, 5.74) is 2.11. The van der Waals surface area contributed by atoms with Crippen LogP contribution in [0, 0.1) is 35.5 Å². The summed E-state index contributed by atoms with van der Waals surface area (Å²) >= 11 is 6.31. The Balaban J connectivity index is 1.25. The lowest BCUT2D eigenvalue weighted by Gasteiger charge is -2.37. The lowest BCUT2D eigenvalue weighted by molar-refractivity contribution is 0.0188. The predicted octanol–water partition coefficient (Wildman–Crippen LogP) is 5.08. The van der Waals surface area contributed by atoms with E-state index in [1.54, 1.807) is 18.2 Å². The molecule has 2 aliphatic carbocycles. The zero-order chi connectivity index (χ0) is 23.9. The van der Waals surface area contributed by atoms with Crippen LogP contribution in [0.1, 0.15) is 43.7 Å². The standard InChI is InChI=1S/C25H28ClN5O3/c1-15-22(30-20-6-3-16(10-27)9-19(20)26)28-14-29-23(15)34-21-17-4-5-18(21)12-31(11-17)24(32)33-13-25(2)7-8-25/h3,6,9,14,17-18,21H,4-5,7-8,11-13H2,1-2H3,(H,28,29,30). The number of hydrogen-bond donors (Lipinski definition) is 1. The Morgan fingerprint density at radius 1 is 1.29 bits per heavy atom. The van der Waals surface area contributed by atoms with Gasteiger partial charge >= 0.3 is 6.09 Å². The van der Waals surface area contributed by atoms with Crippen LogP contribution in [-0.2, 0) is 4.74 Å². The Labute approximate surface area is 204 Å². The molecule has 34 heavy (non-hydrogen) atoms. The maximum atomic E-state index is 12.6. The third kappa shape index (κ3) is 4.62. The highest BCUT2D eigenvalue weighted by Gasteiger charge is 2.46. The third-order valence-corrected chi connectivity index (χ3v) is 7.60. The fourth-order valence-electron chi connectivity index (χ4n) is 4.82. The van der Waals surface area contributed by atoms with E-state index in [9.17, 15) is 4.79 Å². The molecular weight excluding hydrogens is 454 g/mol. The Kier molecular flexibility index (Phi) is 5.98. The molecule has 1 amide bonds. The number of aromatic nitrogens is 2. The number of benzene rings is 1. The maximum absolute atomic E-state index is 12.6. The first-order valence-corrected chi connectivity index (χ1v) is 12.1. The largest absolute Gasteiger partial charge is 0.473 e. The molecule has 3 fully saturated rings. The minimum Gasteiger partial charge on any atom is -0.473 e. The normalized spacial score (nSPS) is 24.3. The summed E-state index contributed by atoms with van der Waals surface area (Å²) < 4.78 is 12.0. The molecule has 2 atom stereocenters. The van der Waals surface area contributed by atoms with E-state index in [1.165, 1.54) is 6.33 Å². The van der Waals surface area contributed by atoms with Crippen molar-refractivity contribution >= 4 is 29.2 Å². The van der Waals surface area contributed by atoms with Crippen LogP contribution < -0.4 is 10.1 Å². The summed E-state index contributed by atoms with van der Waals surface area (Å²) in [4.78, 5) is 23.2. The van der Waals surface area contributed by atoms with Gasteiger partial charge in [-0.2, -0.15) is 5.26 Å². The molecule has 1 saturated heterocycles. The summed E-state index contributed by atoms with van der Waals surface area (Å²) in [5, 5.41) is 12.7. The number of carbonyl (C=O) groups excluding carboxylic acids is 1. The highest BCUT2D eigenvalue weighted by atomic mass is 35.5. The molecule has 0 spiro atoms. The number of halogens is 1. The fraction of sp³-hybridized carbons (Fsp3) is 0.520. The number of carbonyl (C=O) groups is 1. The number of likely N-dealkylation sites (tertiary alicyclic amines) is 1. The molecule has 8 nitrogen and oxygen atoms in total. The highest BCUT2D eigenvalue weighted by Crippen LogP contribution is 2.45. The van der Waals surface area contributed by atoms with Crippen molar-refractivity contribution in [2.24, 2.45) is 17.3 Å². The van der Waals surface area contributed by atoms with Gasteiger partial charge in [0.1, 0.15) is 18.2 Å². The number of hydrogen-bond acceptors (Lipinski definition) is 7. The number of piperidine rings is 1. The minimum atomic E-state index is -0.201. The van der Waals surface area contributed by atoms with Gasteiger partial charge in [0.25, 0.3) is 0 Å². The van der Waals surface area contributed by atoms with E-state index in [1.807, 2.05) is 11.8 Å². The molecule has 9 heteroatoms. The molecule has 2 aromatic rings. The molecule has 178 valence electrons. The number of ether oxygens (including phenoxy) is 2. The van der Waals surface area contributed by atoms with Crippen molar-refractivity contribution in [3.8, 4) is 11.9 Å². The van der Waals surface area contributed by atoms with E-state index in [-0.39, 0.29) is 29.4 Å². The average molecular weight is 482 g/mol. The number of rotatable bonds is 6. The van der Waals surface area contributed by atoms with Crippen LogP contribution >= 0.6 is 11.6 Å². The van der Waals surface area contributed by atoms with Crippen molar-refractivity contribution < 1.29 is 14.3 Å². The van der Waals surface area contributed by atoms with Crippen molar-refractivity contribution in [3.05, 3.63) is 40.7 Å². The van der Waals surface area contributed by atoms with E-state index < -0.39 is 0 Å². The topological polar surface area (TPSA) is 100 Å². The second kappa shape index (κ2) is 8.95. The van der Waals surface area contributed by atoms with Gasteiger partial charge in [-0.05, 0) is 50.8 Å². The Morgan fingerprint density at radius 2 is 2.03 bits per heavy atom. The number of nitriles is 1. The molecule has 2 saturated carbocycles. The molecular formula is C25H28ClN5O3. The number of nitrogens with zero attached hydrogens (tertiary/aromatic N) is 4. The van der Waals surface area contributed by atoms with Crippen molar-refractivity contribution in [1.29, 1.82) is 5.26 Å². The fourth-order valence-corrected chi connectivity index (χ4v) is 5.05. The maximum Gasteiger partial charge on any atom is 0.409 e. The molecule has 5 rings (SSSR count). The van der Waals surface area contributed by atoms with E-state index in [4.69, 9.17) is 26.3 Å². The quantitative estimate of drug-likeness (QED) is 0.613. The molecule has 2 bridgehead atoms. The third-order valence-electron chi connectivity index (χ3n) is 7.29. The Bertz CT molecular complexity index is 1130. The molecule has 1 aromatic carbocycles. The van der Waals surface area contributed by atoms with Gasteiger partial charge in [0, 0.05) is 30.3 Å². The van der Waals surface area contributed by atoms with Gasteiger partial charge in [-0.3, -0.25) is 0 Å². The summed E-state index contributed by atoms with van der Waals surface area (Å²) in [6, 6.07) is 7.14.